The van der Waals surface area contributed by atoms with E-state index in [9.17, 15) is 10.1 Å². The molecule has 0 aliphatic heterocycles. The summed E-state index contributed by atoms with van der Waals surface area (Å²) in [4.78, 5) is 12.7. The molecule has 0 unspecified atom stereocenters. The predicted octanol–water partition coefficient (Wildman–Crippen LogP) is 6.10. The van der Waals surface area contributed by atoms with E-state index in [0.717, 1.165) is 22.4 Å². The van der Waals surface area contributed by atoms with E-state index in [4.69, 9.17) is 16.3 Å². The number of hydrogen-bond donors (Lipinski definition) is 1. The molecule has 0 aliphatic rings. The van der Waals surface area contributed by atoms with Crippen LogP contribution in [-0.4, -0.2) is 13.0 Å². The molecule has 0 fully saturated rings. The van der Waals surface area contributed by atoms with Gasteiger partial charge in [-0.3, -0.25) is 4.79 Å². The van der Waals surface area contributed by atoms with Crippen LogP contribution in [0.1, 0.15) is 27.8 Å². The first-order valence-corrected chi connectivity index (χ1v) is 10.2. The van der Waals surface area contributed by atoms with Gasteiger partial charge in [0.05, 0.1) is 17.8 Å². The molecule has 0 aliphatic carbocycles. The number of methoxy groups -OCH3 is 1. The molecule has 0 radical (unpaired) electrons. The van der Waals surface area contributed by atoms with Crippen LogP contribution in [0, 0.1) is 25.2 Å². The number of rotatable bonds is 6. The van der Waals surface area contributed by atoms with Crippen LogP contribution in [0.5, 0.6) is 5.75 Å². The molecular formula is C26H23ClN2O2. The average molecular weight is 431 g/mol. The first-order chi connectivity index (χ1) is 14.9. The van der Waals surface area contributed by atoms with Crippen molar-refractivity contribution in [1.82, 2.24) is 0 Å². The summed E-state index contributed by atoms with van der Waals surface area (Å²) in [5.74, 6) is 0.208. The highest BCUT2D eigenvalue weighted by Crippen LogP contribution is 2.25. The topological polar surface area (TPSA) is 62.1 Å². The maximum absolute atomic E-state index is 12.7. The second-order valence-corrected chi connectivity index (χ2v) is 7.75. The van der Waals surface area contributed by atoms with Crippen molar-refractivity contribution in [1.29, 1.82) is 5.26 Å². The van der Waals surface area contributed by atoms with E-state index in [1.165, 1.54) is 11.1 Å². The summed E-state index contributed by atoms with van der Waals surface area (Å²) in [5, 5.41) is 12.7. The molecule has 3 aromatic carbocycles. The summed E-state index contributed by atoms with van der Waals surface area (Å²) in [6, 6.07) is 20.9. The number of hydrogen-bond acceptors (Lipinski definition) is 3. The fourth-order valence-electron chi connectivity index (χ4n) is 3.45. The van der Waals surface area contributed by atoms with E-state index in [1.807, 2.05) is 24.3 Å². The lowest BCUT2D eigenvalue weighted by atomic mass is 9.96. The number of para-hydroxylation sites is 1. The molecule has 0 spiro atoms. The number of nitriles is 1. The zero-order valence-corrected chi connectivity index (χ0v) is 18.5. The average Bonchev–Trinajstić information content (AvgIpc) is 2.73. The monoisotopic (exact) mass is 430 g/mol. The Hall–Kier alpha value is -3.55. The van der Waals surface area contributed by atoms with Gasteiger partial charge in [-0.1, -0.05) is 59.1 Å². The lowest BCUT2D eigenvalue weighted by Gasteiger charge is -2.11. The minimum absolute atomic E-state index is 0.00763. The molecule has 0 bridgehead atoms. The molecule has 5 heteroatoms. The van der Waals surface area contributed by atoms with Crippen LogP contribution in [0.15, 0.2) is 66.2 Å². The van der Waals surface area contributed by atoms with E-state index >= 15 is 0 Å². The first-order valence-electron chi connectivity index (χ1n) is 9.81. The Morgan fingerprint density at radius 2 is 1.81 bits per heavy atom. The Kier molecular flexibility index (Phi) is 7.12. The number of anilines is 1. The van der Waals surface area contributed by atoms with Gasteiger partial charge in [-0.2, -0.15) is 5.26 Å². The molecule has 31 heavy (non-hydrogen) atoms. The summed E-state index contributed by atoms with van der Waals surface area (Å²) in [6.07, 6.45) is 2.25. The van der Waals surface area contributed by atoms with Crippen molar-refractivity contribution in [2.45, 2.75) is 20.3 Å². The SMILES string of the molecule is COc1ccc(/C=C(\C#N)C(=O)Nc2ccccc2Cl)c(Cc2cc(C)cc(C)c2)c1. The van der Waals surface area contributed by atoms with Gasteiger partial charge in [0.15, 0.2) is 0 Å². The van der Waals surface area contributed by atoms with Gasteiger partial charge in [0.25, 0.3) is 5.91 Å². The van der Waals surface area contributed by atoms with Gasteiger partial charge in [0.1, 0.15) is 17.4 Å². The number of halogens is 1. The molecule has 156 valence electrons. The third kappa shape index (κ3) is 5.75. The number of carbonyl (C=O) groups excluding carboxylic acids is 1. The molecule has 3 aromatic rings. The van der Waals surface area contributed by atoms with Crippen molar-refractivity contribution in [3.63, 3.8) is 0 Å². The molecule has 0 heterocycles. The van der Waals surface area contributed by atoms with Gasteiger partial charge in [0.2, 0.25) is 0 Å². The van der Waals surface area contributed by atoms with E-state index in [1.54, 1.807) is 37.5 Å². The molecule has 0 saturated heterocycles. The Morgan fingerprint density at radius 3 is 2.45 bits per heavy atom. The molecule has 3 rings (SSSR count). The Morgan fingerprint density at radius 1 is 1.10 bits per heavy atom. The van der Waals surface area contributed by atoms with Crippen molar-refractivity contribution < 1.29 is 9.53 Å². The van der Waals surface area contributed by atoms with Crippen LogP contribution >= 0.6 is 11.6 Å². The first kappa shape index (κ1) is 22.1. The van der Waals surface area contributed by atoms with Gasteiger partial charge >= 0.3 is 0 Å². The van der Waals surface area contributed by atoms with E-state index in [-0.39, 0.29) is 5.57 Å². The number of ether oxygens (including phenoxy) is 1. The highest BCUT2D eigenvalue weighted by Gasteiger charge is 2.13. The van der Waals surface area contributed by atoms with Crippen molar-refractivity contribution in [3.8, 4) is 11.8 Å². The van der Waals surface area contributed by atoms with Crippen LogP contribution in [0.3, 0.4) is 0 Å². The predicted molar refractivity (Wildman–Crippen MR) is 125 cm³/mol. The molecule has 0 saturated carbocycles. The maximum atomic E-state index is 12.7. The van der Waals surface area contributed by atoms with Gasteiger partial charge < -0.3 is 10.1 Å². The van der Waals surface area contributed by atoms with Crippen LogP contribution in [-0.2, 0) is 11.2 Å². The zero-order chi connectivity index (χ0) is 22.4. The summed E-state index contributed by atoms with van der Waals surface area (Å²) in [6.45, 7) is 4.13. The van der Waals surface area contributed by atoms with Gasteiger partial charge in [0, 0.05) is 0 Å². The number of carbonyl (C=O) groups is 1. The van der Waals surface area contributed by atoms with Crippen LogP contribution in [0.4, 0.5) is 5.69 Å². The molecule has 0 atom stereocenters. The zero-order valence-electron chi connectivity index (χ0n) is 17.7. The third-order valence-electron chi connectivity index (χ3n) is 4.81. The van der Waals surface area contributed by atoms with Crippen molar-refractivity contribution in [3.05, 3.63) is 99.1 Å². The fourth-order valence-corrected chi connectivity index (χ4v) is 3.63. The number of benzene rings is 3. The molecule has 1 N–H and O–H groups in total. The normalized spacial score (nSPS) is 11.0. The Balaban J connectivity index is 1.96. The van der Waals surface area contributed by atoms with Gasteiger partial charge in [-0.25, -0.2) is 0 Å². The fraction of sp³-hybridized carbons (Fsp3) is 0.154. The van der Waals surface area contributed by atoms with E-state index < -0.39 is 5.91 Å². The summed E-state index contributed by atoms with van der Waals surface area (Å²) >= 11 is 6.12. The molecule has 0 aromatic heterocycles. The van der Waals surface area contributed by atoms with Crippen molar-refractivity contribution >= 4 is 29.3 Å². The van der Waals surface area contributed by atoms with E-state index in [0.29, 0.717) is 17.1 Å². The maximum Gasteiger partial charge on any atom is 0.266 e. The van der Waals surface area contributed by atoms with Crippen molar-refractivity contribution in [2.75, 3.05) is 12.4 Å². The summed E-state index contributed by atoms with van der Waals surface area (Å²) < 4.78 is 5.39. The Labute approximate surface area is 187 Å². The van der Waals surface area contributed by atoms with E-state index in [2.05, 4.69) is 37.4 Å². The largest absolute Gasteiger partial charge is 0.497 e. The number of nitrogens with zero attached hydrogens (tertiary/aromatic N) is 1. The minimum atomic E-state index is -0.510. The molecular weight excluding hydrogens is 408 g/mol. The molecule has 4 nitrogen and oxygen atoms in total. The quantitative estimate of drug-likeness (QED) is 0.379. The van der Waals surface area contributed by atoms with Gasteiger partial charge in [-0.15, -0.1) is 0 Å². The van der Waals surface area contributed by atoms with Crippen LogP contribution in [0.2, 0.25) is 5.02 Å². The number of amides is 1. The highest BCUT2D eigenvalue weighted by atomic mass is 35.5. The number of nitrogens with one attached hydrogen (secondary N) is 1. The van der Waals surface area contributed by atoms with Gasteiger partial charge in [-0.05, 0) is 67.3 Å². The third-order valence-corrected chi connectivity index (χ3v) is 5.14. The van der Waals surface area contributed by atoms with Crippen LogP contribution in [0.25, 0.3) is 6.08 Å². The van der Waals surface area contributed by atoms with Crippen LogP contribution < -0.4 is 10.1 Å². The lowest BCUT2D eigenvalue weighted by molar-refractivity contribution is -0.112. The second kappa shape index (κ2) is 9.97. The second-order valence-electron chi connectivity index (χ2n) is 7.34. The summed E-state index contributed by atoms with van der Waals surface area (Å²) in [7, 11) is 1.61. The summed E-state index contributed by atoms with van der Waals surface area (Å²) in [5.41, 5.74) is 5.72. The van der Waals surface area contributed by atoms with Crippen molar-refractivity contribution in [2.24, 2.45) is 0 Å². The lowest BCUT2D eigenvalue weighted by Crippen LogP contribution is -2.13. The highest BCUT2D eigenvalue weighted by molar-refractivity contribution is 6.34. The smallest absolute Gasteiger partial charge is 0.266 e. The Bertz CT molecular complexity index is 1170. The standard InChI is InChI=1S/C26H23ClN2O2/c1-17-10-18(2)12-19(11-17)13-21-15-23(31-3)9-8-20(21)14-22(16-28)26(30)29-25-7-5-4-6-24(25)27/h4-12,14-15H,13H2,1-3H3,(H,29,30)/b22-14+. The molecule has 1 amide bonds. The minimum Gasteiger partial charge on any atom is -0.497 e. The number of aryl methyl sites for hydroxylation is 2.